The van der Waals surface area contributed by atoms with E-state index in [0.717, 1.165) is 24.3 Å². The van der Waals surface area contributed by atoms with Crippen molar-refractivity contribution in [3.8, 4) is 5.75 Å². The van der Waals surface area contributed by atoms with Crippen molar-refractivity contribution < 1.29 is 19.1 Å². The fourth-order valence-electron chi connectivity index (χ4n) is 3.54. The Kier molecular flexibility index (Phi) is 5.70. The monoisotopic (exact) mass is 407 g/mol. The van der Waals surface area contributed by atoms with E-state index >= 15 is 0 Å². The maximum Gasteiger partial charge on any atom is 0.253 e. The van der Waals surface area contributed by atoms with Gasteiger partial charge in [-0.05, 0) is 56.2 Å². The van der Waals surface area contributed by atoms with Crippen LogP contribution in [-0.4, -0.2) is 36.9 Å². The molecule has 3 amide bonds. The first-order valence-electron chi connectivity index (χ1n) is 10.3. The van der Waals surface area contributed by atoms with Gasteiger partial charge in [0, 0.05) is 24.7 Å². The number of anilines is 2. The third-order valence-corrected chi connectivity index (χ3v) is 5.30. The Morgan fingerprint density at radius 3 is 2.53 bits per heavy atom. The standard InChI is InChI=1S/C23H25N3O4/c1-2-30-18-11-9-17(10-12-18)26-14-15(13-21(26)27)22(28)25-20-6-4-3-5-19(20)23(29)24-16-7-8-16/h3-6,9-12,15-16H,2,7-8,13-14H2,1H3,(H,24,29)(H,25,28)/t15-/m0/s1. The van der Waals surface area contributed by atoms with Crippen molar-refractivity contribution in [2.45, 2.75) is 32.2 Å². The van der Waals surface area contributed by atoms with Gasteiger partial charge in [-0.1, -0.05) is 12.1 Å². The smallest absolute Gasteiger partial charge is 0.253 e. The van der Waals surface area contributed by atoms with Crippen LogP contribution in [0.2, 0.25) is 0 Å². The summed E-state index contributed by atoms with van der Waals surface area (Å²) in [6, 6.07) is 14.4. The van der Waals surface area contributed by atoms with Gasteiger partial charge in [0.05, 0.1) is 23.8 Å². The lowest BCUT2D eigenvalue weighted by Crippen LogP contribution is -2.30. The molecular weight excluding hydrogens is 382 g/mol. The number of benzene rings is 2. The number of hydrogen-bond donors (Lipinski definition) is 2. The summed E-state index contributed by atoms with van der Waals surface area (Å²) in [6.45, 7) is 2.79. The molecule has 2 N–H and O–H groups in total. The zero-order valence-electron chi connectivity index (χ0n) is 16.9. The first-order chi connectivity index (χ1) is 14.5. The Hall–Kier alpha value is -3.35. The maximum atomic E-state index is 12.8. The molecule has 156 valence electrons. The minimum Gasteiger partial charge on any atom is -0.494 e. The summed E-state index contributed by atoms with van der Waals surface area (Å²) in [6.07, 6.45) is 2.12. The van der Waals surface area contributed by atoms with Crippen LogP contribution in [0, 0.1) is 5.92 Å². The molecule has 2 aromatic rings. The predicted octanol–water partition coefficient (Wildman–Crippen LogP) is 2.97. The van der Waals surface area contributed by atoms with Crippen LogP contribution in [0.25, 0.3) is 0 Å². The van der Waals surface area contributed by atoms with E-state index < -0.39 is 5.92 Å². The fraction of sp³-hybridized carbons (Fsp3) is 0.348. The molecule has 1 atom stereocenters. The van der Waals surface area contributed by atoms with Gasteiger partial charge in [-0.2, -0.15) is 0 Å². The molecule has 7 heteroatoms. The zero-order valence-corrected chi connectivity index (χ0v) is 16.9. The molecule has 0 aromatic heterocycles. The molecule has 1 saturated carbocycles. The van der Waals surface area contributed by atoms with E-state index in [1.807, 2.05) is 31.2 Å². The van der Waals surface area contributed by atoms with Crippen molar-refractivity contribution in [1.82, 2.24) is 5.32 Å². The molecule has 0 radical (unpaired) electrons. The number of amides is 3. The molecule has 30 heavy (non-hydrogen) atoms. The van der Waals surface area contributed by atoms with Crippen LogP contribution in [0.3, 0.4) is 0 Å². The highest BCUT2D eigenvalue weighted by Gasteiger charge is 2.35. The Morgan fingerprint density at radius 2 is 1.83 bits per heavy atom. The van der Waals surface area contributed by atoms with E-state index in [-0.39, 0.29) is 30.2 Å². The van der Waals surface area contributed by atoms with E-state index in [1.54, 1.807) is 29.2 Å². The zero-order chi connectivity index (χ0) is 21.1. The van der Waals surface area contributed by atoms with Gasteiger partial charge >= 0.3 is 0 Å². The Labute approximate surface area is 175 Å². The van der Waals surface area contributed by atoms with Crippen LogP contribution in [0.1, 0.15) is 36.5 Å². The molecule has 1 aliphatic carbocycles. The molecule has 2 aromatic carbocycles. The molecule has 0 bridgehead atoms. The predicted molar refractivity (Wildman–Crippen MR) is 114 cm³/mol. The van der Waals surface area contributed by atoms with Gasteiger partial charge < -0.3 is 20.3 Å². The van der Waals surface area contributed by atoms with Crippen molar-refractivity contribution >= 4 is 29.1 Å². The molecule has 2 aliphatic rings. The number of carbonyl (C=O) groups excluding carboxylic acids is 3. The van der Waals surface area contributed by atoms with Gasteiger partial charge in [-0.3, -0.25) is 14.4 Å². The molecule has 0 unspecified atom stereocenters. The SMILES string of the molecule is CCOc1ccc(N2C[C@@H](C(=O)Nc3ccccc3C(=O)NC3CC3)CC2=O)cc1. The molecule has 1 heterocycles. The lowest BCUT2D eigenvalue weighted by atomic mass is 10.1. The molecule has 0 spiro atoms. The van der Waals surface area contributed by atoms with E-state index in [9.17, 15) is 14.4 Å². The lowest BCUT2D eigenvalue weighted by molar-refractivity contribution is -0.122. The van der Waals surface area contributed by atoms with E-state index in [0.29, 0.717) is 24.4 Å². The minimum atomic E-state index is -0.483. The van der Waals surface area contributed by atoms with Crippen LogP contribution in [0.4, 0.5) is 11.4 Å². The summed E-state index contributed by atoms with van der Waals surface area (Å²) < 4.78 is 5.43. The number of nitrogens with zero attached hydrogens (tertiary/aromatic N) is 1. The third kappa shape index (κ3) is 4.45. The van der Waals surface area contributed by atoms with E-state index in [1.165, 1.54) is 0 Å². The van der Waals surface area contributed by atoms with Gasteiger partial charge in [0.2, 0.25) is 11.8 Å². The van der Waals surface area contributed by atoms with Crippen molar-refractivity contribution in [1.29, 1.82) is 0 Å². The topological polar surface area (TPSA) is 87.7 Å². The van der Waals surface area contributed by atoms with Gasteiger partial charge in [0.15, 0.2) is 0 Å². The highest BCUT2D eigenvalue weighted by atomic mass is 16.5. The van der Waals surface area contributed by atoms with Crippen molar-refractivity contribution in [2.24, 2.45) is 5.92 Å². The number of ether oxygens (including phenoxy) is 1. The van der Waals surface area contributed by atoms with Crippen molar-refractivity contribution in [3.63, 3.8) is 0 Å². The molecule has 4 rings (SSSR count). The van der Waals surface area contributed by atoms with E-state index in [2.05, 4.69) is 10.6 Å². The largest absolute Gasteiger partial charge is 0.494 e. The average molecular weight is 407 g/mol. The lowest BCUT2D eigenvalue weighted by Gasteiger charge is -2.17. The Morgan fingerprint density at radius 1 is 1.10 bits per heavy atom. The second kappa shape index (κ2) is 8.57. The highest BCUT2D eigenvalue weighted by molar-refractivity contribution is 6.07. The first-order valence-corrected chi connectivity index (χ1v) is 10.3. The summed E-state index contributed by atoms with van der Waals surface area (Å²) in [5.74, 6) is -0.290. The summed E-state index contributed by atoms with van der Waals surface area (Å²) in [4.78, 5) is 39.4. The van der Waals surface area contributed by atoms with Crippen LogP contribution >= 0.6 is 0 Å². The number of carbonyl (C=O) groups is 3. The maximum absolute atomic E-state index is 12.8. The highest BCUT2D eigenvalue weighted by Crippen LogP contribution is 2.28. The summed E-state index contributed by atoms with van der Waals surface area (Å²) in [7, 11) is 0. The van der Waals surface area contributed by atoms with Gasteiger partial charge in [-0.25, -0.2) is 0 Å². The fourth-order valence-corrected chi connectivity index (χ4v) is 3.54. The quantitative estimate of drug-likeness (QED) is 0.739. The van der Waals surface area contributed by atoms with Crippen LogP contribution < -0.4 is 20.3 Å². The van der Waals surface area contributed by atoms with Crippen LogP contribution in [0.5, 0.6) is 5.75 Å². The molecular formula is C23H25N3O4. The number of rotatable bonds is 7. The normalized spacial score (nSPS) is 18.2. The number of hydrogen-bond acceptors (Lipinski definition) is 4. The molecule has 1 saturated heterocycles. The molecule has 7 nitrogen and oxygen atoms in total. The van der Waals surface area contributed by atoms with Crippen molar-refractivity contribution in [3.05, 3.63) is 54.1 Å². The van der Waals surface area contributed by atoms with Crippen molar-refractivity contribution in [2.75, 3.05) is 23.4 Å². The Balaban J connectivity index is 1.42. The number of para-hydroxylation sites is 1. The summed E-state index contributed by atoms with van der Waals surface area (Å²) in [5.41, 5.74) is 1.64. The minimum absolute atomic E-state index is 0.0981. The van der Waals surface area contributed by atoms with Crippen LogP contribution in [0.15, 0.2) is 48.5 Å². The van der Waals surface area contributed by atoms with Gasteiger partial charge in [-0.15, -0.1) is 0 Å². The summed E-state index contributed by atoms with van der Waals surface area (Å²) in [5, 5.41) is 5.79. The molecule has 2 fully saturated rings. The first kappa shape index (κ1) is 19.9. The Bertz CT molecular complexity index is 953. The third-order valence-electron chi connectivity index (χ3n) is 5.30. The van der Waals surface area contributed by atoms with Crippen LogP contribution in [-0.2, 0) is 9.59 Å². The van der Waals surface area contributed by atoms with E-state index in [4.69, 9.17) is 4.74 Å². The number of nitrogens with one attached hydrogen (secondary N) is 2. The summed E-state index contributed by atoms with van der Waals surface area (Å²) >= 11 is 0. The molecule has 1 aliphatic heterocycles. The second-order valence-electron chi connectivity index (χ2n) is 7.61. The second-order valence-corrected chi connectivity index (χ2v) is 7.61. The van der Waals surface area contributed by atoms with Gasteiger partial charge in [0.25, 0.3) is 5.91 Å². The van der Waals surface area contributed by atoms with Gasteiger partial charge in [0.1, 0.15) is 5.75 Å². The average Bonchev–Trinajstić information content (AvgIpc) is 3.47.